The van der Waals surface area contributed by atoms with Crippen LogP contribution in [0.25, 0.3) is 0 Å². The fourth-order valence-corrected chi connectivity index (χ4v) is 3.24. The molecule has 3 nitrogen and oxygen atoms in total. The highest BCUT2D eigenvalue weighted by atomic mass is 32.3. The maximum Gasteiger partial charge on any atom is 0.0807 e. The Hall–Kier alpha value is -1.23. The molecule has 0 bridgehead atoms. The van der Waals surface area contributed by atoms with Gasteiger partial charge in [-0.1, -0.05) is 35.4 Å². The van der Waals surface area contributed by atoms with Gasteiger partial charge in [-0.2, -0.15) is 0 Å². The van der Waals surface area contributed by atoms with Crippen molar-refractivity contribution in [3.63, 3.8) is 0 Å². The molecule has 0 atom stereocenters. The number of aromatic nitrogens is 1. The number of nitrogens with zero attached hydrogens (tertiary/aromatic N) is 1. The van der Waals surface area contributed by atoms with Gasteiger partial charge in [0.05, 0.1) is 4.90 Å². The van der Waals surface area contributed by atoms with Gasteiger partial charge in [0.2, 0.25) is 0 Å². The molecular formula is C13H17NO2S. The predicted octanol–water partition coefficient (Wildman–Crippen LogP) is 3.93. The fourth-order valence-electron chi connectivity index (χ4n) is 1.76. The molecule has 2 N–H and O–H groups in total. The van der Waals surface area contributed by atoms with E-state index in [1.54, 1.807) is 22.3 Å². The van der Waals surface area contributed by atoms with E-state index in [0.29, 0.717) is 4.90 Å². The van der Waals surface area contributed by atoms with Crippen LogP contribution in [0.2, 0.25) is 0 Å². The van der Waals surface area contributed by atoms with Gasteiger partial charge in [-0.05, 0) is 37.6 Å². The molecular weight excluding hydrogens is 234 g/mol. The minimum Gasteiger partial charge on any atom is -0.277 e. The summed E-state index contributed by atoms with van der Waals surface area (Å²) in [5.74, 6) is 0. The van der Waals surface area contributed by atoms with Crippen LogP contribution in [0.15, 0.2) is 47.5 Å². The van der Waals surface area contributed by atoms with Gasteiger partial charge in [-0.3, -0.25) is 9.11 Å². The quantitative estimate of drug-likeness (QED) is 0.868. The summed E-state index contributed by atoms with van der Waals surface area (Å²) in [5, 5.41) is 0. The van der Waals surface area contributed by atoms with E-state index < -0.39 is 10.8 Å². The molecule has 0 saturated heterocycles. The van der Waals surface area contributed by atoms with Crippen LogP contribution in [0.1, 0.15) is 18.2 Å². The molecule has 2 aromatic rings. The van der Waals surface area contributed by atoms with Crippen LogP contribution < -0.4 is 0 Å². The number of benzene rings is 1. The first-order chi connectivity index (χ1) is 8.05. The van der Waals surface area contributed by atoms with E-state index in [1.807, 2.05) is 38.1 Å². The summed E-state index contributed by atoms with van der Waals surface area (Å²) in [6.07, 6.45) is 2.49. The van der Waals surface area contributed by atoms with Crippen molar-refractivity contribution < 1.29 is 9.11 Å². The number of hydrogen-bond donors (Lipinski definition) is 2. The summed E-state index contributed by atoms with van der Waals surface area (Å²) in [5.41, 5.74) is 2.03. The minimum absolute atomic E-state index is 0.550. The minimum atomic E-state index is -2.94. The fraction of sp³-hybridized carbons (Fsp3) is 0.231. The van der Waals surface area contributed by atoms with Gasteiger partial charge in [-0.25, -0.2) is 3.97 Å². The molecule has 0 unspecified atom stereocenters. The molecule has 1 aromatic heterocycles. The van der Waals surface area contributed by atoms with E-state index in [0.717, 1.165) is 17.7 Å². The van der Waals surface area contributed by atoms with Crippen molar-refractivity contribution in [2.24, 2.45) is 0 Å². The Balaban J connectivity index is 2.45. The summed E-state index contributed by atoms with van der Waals surface area (Å²) in [4.78, 5) is 0.550. The highest BCUT2D eigenvalue weighted by Crippen LogP contribution is 2.50. The average Bonchev–Trinajstić information content (AvgIpc) is 2.78. The first-order valence-corrected chi connectivity index (χ1v) is 7.07. The van der Waals surface area contributed by atoms with E-state index in [9.17, 15) is 9.11 Å². The molecule has 92 valence electrons. The molecule has 2 rings (SSSR count). The molecule has 0 saturated carbocycles. The van der Waals surface area contributed by atoms with Gasteiger partial charge in [0.25, 0.3) is 0 Å². The highest BCUT2D eigenvalue weighted by Gasteiger charge is 2.19. The SMILES string of the molecule is CCc1cccn1S(O)(O)c1ccc(C)cc1. The summed E-state index contributed by atoms with van der Waals surface area (Å²) >= 11 is 0. The lowest BCUT2D eigenvalue weighted by Crippen LogP contribution is -2.11. The van der Waals surface area contributed by atoms with Crippen LogP contribution in [0, 0.1) is 6.92 Å². The van der Waals surface area contributed by atoms with E-state index in [-0.39, 0.29) is 0 Å². The normalized spacial score (nSPS) is 12.7. The number of hydrogen-bond acceptors (Lipinski definition) is 2. The van der Waals surface area contributed by atoms with Gasteiger partial charge < -0.3 is 0 Å². The third-order valence-corrected chi connectivity index (χ3v) is 4.58. The predicted molar refractivity (Wildman–Crippen MR) is 71.5 cm³/mol. The third-order valence-electron chi connectivity index (χ3n) is 2.77. The average molecular weight is 251 g/mol. The van der Waals surface area contributed by atoms with Gasteiger partial charge in [0, 0.05) is 11.9 Å². The van der Waals surface area contributed by atoms with Crippen LogP contribution in [0.4, 0.5) is 0 Å². The van der Waals surface area contributed by atoms with Crippen LogP contribution in [0.5, 0.6) is 0 Å². The van der Waals surface area contributed by atoms with Gasteiger partial charge in [0.1, 0.15) is 0 Å². The van der Waals surface area contributed by atoms with Crippen molar-refractivity contribution >= 4 is 10.8 Å². The molecule has 0 aliphatic heterocycles. The van der Waals surface area contributed by atoms with Crippen molar-refractivity contribution in [3.8, 4) is 0 Å². The van der Waals surface area contributed by atoms with Gasteiger partial charge >= 0.3 is 0 Å². The van der Waals surface area contributed by atoms with E-state index >= 15 is 0 Å². The lowest BCUT2D eigenvalue weighted by Gasteiger charge is -2.35. The first kappa shape index (κ1) is 12.2. The summed E-state index contributed by atoms with van der Waals surface area (Å²) in [6, 6.07) is 11.1. The maximum atomic E-state index is 10.4. The number of rotatable bonds is 3. The lowest BCUT2D eigenvalue weighted by atomic mass is 10.2. The summed E-state index contributed by atoms with van der Waals surface area (Å²) in [7, 11) is -2.94. The molecule has 0 radical (unpaired) electrons. The van der Waals surface area contributed by atoms with Gasteiger partial charge in [0.15, 0.2) is 0 Å². The Morgan fingerprint density at radius 3 is 2.35 bits per heavy atom. The molecule has 0 amide bonds. The molecule has 0 aliphatic carbocycles. The molecule has 0 spiro atoms. The third kappa shape index (κ3) is 2.24. The second-order valence-electron chi connectivity index (χ2n) is 4.01. The molecule has 0 fully saturated rings. The molecule has 17 heavy (non-hydrogen) atoms. The Kier molecular flexibility index (Phi) is 3.28. The second-order valence-corrected chi connectivity index (χ2v) is 5.91. The van der Waals surface area contributed by atoms with Crippen molar-refractivity contribution in [2.75, 3.05) is 0 Å². The Bertz CT molecular complexity index is 502. The van der Waals surface area contributed by atoms with Crippen LogP contribution in [0.3, 0.4) is 0 Å². The van der Waals surface area contributed by atoms with Gasteiger partial charge in [-0.15, -0.1) is 0 Å². The van der Waals surface area contributed by atoms with E-state index in [2.05, 4.69) is 0 Å². The first-order valence-electron chi connectivity index (χ1n) is 5.57. The Labute approximate surface area is 103 Å². The molecule has 0 aliphatic rings. The highest BCUT2D eigenvalue weighted by molar-refractivity contribution is 8.23. The lowest BCUT2D eigenvalue weighted by molar-refractivity contribution is 0.473. The van der Waals surface area contributed by atoms with E-state index in [1.165, 1.54) is 0 Å². The summed E-state index contributed by atoms with van der Waals surface area (Å²) < 4.78 is 22.3. The zero-order chi connectivity index (χ0) is 12.5. The Morgan fingerprint density at radius 1 is 1.12 bits per heavy atom. The largest absolute Gasteiger partial charge is 0.277 e. The topological polar surface area (TPSA) is 45.4 Å². The standard InChI is InChI=1S/C13H17NO2S/c1-3-12-5-4-10-14(12)17(15,16)13-8-6-11(2)7-9-13/h4-10,15-16H,3H2,1-2H3. The van der Waals surface area contributed by atoms with Crippen LogP contribution in [-0.2, 0) is 6.42 Å². The zero-order valence-corrected chi connectivity index (χ0v) is 10.8. The molecule has 4 heteroatoms. The Morgan fingerprint density at radius 2 is 1.76 bits per heavy atom. The second kappa shape index (κ2) is 4.56. The molecule has 1 heterocycles. The van der Waals surface area contributed by atoms with Crippen LogP contribution >= 0.6 is 10.8 Å². The zero-order valence-electron chi connectivity index (χ0n) is 10.00. The maximum absolute atomic E-state index is 10.4. The monoisotopic (exact) mass is 251 g/mol. The van der Waals surface area contributed by atoms with Crippen molar-refractivity contribution in [1.29, 1.82) is 0 Å². The van der Waals surface area contributed by atoms with Crippen molar-refractivity contribution in [2.45, 2.75) is 25.2 Å². The van der Waals surface area contributed by atoms with E-state index in [4.69, 9.17) is 0 Å². The van der Waals surface area contributed by atoms with Crippen molar-refractivity contribution in [1.82, 2.24) is 3.97 Å². The summed E-state index contributed by atoms with van der Waals surface area (Å²) in [6.45, 7) is 3.97. The smallest absolute Gasteiger partial charge is 0.0807 e. The van der Waals surface area contributed by atoms with Crippen LogP contribution in [-0.4, -0.2) is 13.1 Å². The van der Waals surface area contributed by atoms with Crippen molar-refractivity contribution in [3.05, 3.63) is 53.9 Å². The number of aryl methyl sites for hydroxylation is 2. The molecule has 1 aromatic carbocycles.